The molecule has 0 atom stereocenters. The van der Waals surface area contributed by atoms with Crippen molar-refractivity contribution in [3.63, 3.8) is 0 Å². The lowest BCUT2D eigenvalue weighted by molar-refractivity contribution is 0.323. The summed E-state index contributed by atoms with van der Waals surface area (Å²) in [7, 11) is 0. The minimum atomic E-state index is 0.599. The molecule has 0 heterocycles. The standard InChI is InChI=1S/C12H14O/c1-4-5-9-13-12-10(2)7-6-8-11(12)3/h1,6-8H,5,9H2,2-3H3. The monoisotopic (exact) mass is 174 g/mol. The van der Waals surface area contributed by atoms with E-state index >= 15 is 0 Å². The molecule has 0 radical (unpaired) electrons. The minimum Gasteiger partial charge on any atom is -0.492 e. The van der Waals surface area contributed by atoms with Crippen LogP contribution in [0.25, 0.3) is 0 Å². The zero-order valence-corrected chi connectivity index (χ0v) is 8.13. The zero-order chi connectivity index (χ0) is 9.68. The van der Waals surface area contributed by atoms with Crippen LogP contribution in [0.5, 0.6) is 5.75 Å². The number of rotatable bonds is 3. The highest BCUT2D eigenvalue weighted by Crippen LogP contribution is 2.22. The number of hydrogen-bond acceptors (Lipinski definition) is 1. The van der Waals surface area contributed by atoms with Crippen molar-refractivity contribution in [2.75, 3.05) is 6.61 Å². The fourth-order valence-electron chi connectivity index (χ4n) is 1.24. The summed E-state index contributed by atoms with van der Waals surface area (Å²) >= 11 is 0. The SMILES string of the molecule is C#CCCOc1c(C)cccc1C. The lowest BCUT2D eigenvalue weighted by atomic mass is 10.1. The van der Waals surface area contributed by atoms with Crippen molar-refractivity contribution in [1.29, 1.82) is 0 Å². The van der Waals surface area contributed by atoms with E-state index in [2.05, 4.69) is 5.92 Å². The molecule has 0 aliphatic rings. The van der Waals surface area contributed by atoms with E-state index in [-0.39, 0.29) is 0 Å². The van der Waals surface area contributed by atoms with Crippen molar-refractivity contribution >= 4 is 0 Å². The molecule has 1 nitrogen and oxygen atoms in total. The normalized spacial score (nSPS) is 9.31. The molecule has 0 aliphatic heterocycles. The van der Waals surface area contributed by atoms with Crippen LogP contribution in [0.3, 0.4) is 0 Å². The maximum absolute atomic E-state index is 5.57. The van der Waals surface area contributed by atoms with Crippen LogP contribution in [0, 0.1) is 26.2 Å². The van der Waals surface area contributed by atoms with Crippen LogP contribution < -0.4 is 4.74 Å². The van der Waals surface area contributed by atoms with Gasteiger partial charge in [-0.15, -0.1) is 12.3 Å². The molecule has 68 valence electrons. The summed E-state index contributed by atoms with van der Waals surface area (Å²) in [5, 5.41) is 0. The van der Waals surface area contributed by atoms with Gasteiger partial charge in [0.05, 0.1) is 6.61 Å². The number of aryl methyl sites for hydroxylation is 2. The molecule has 0 spiro atoms. The van der Waals surface area contributed by atoms with Crippen LogP contribution in [0.2, 0.25) is 0 Å². The Morgan fingerprint density at radius 3 is 2.46 bits per heavy atom. The summed E-state index contributed by atoms with van der Waals surface area (Å²) in [6.07, 6.45) is 5.80. The predicted molar refractivity (Wildman–Crippen MR) is 54.9 cm³/mol. The third kappa shape index (κ3) is 2.52. The van der Waals surface area contributed by atoms with Gasteiger partial charge in [-0.1, -0.05) is 18.2 Å². The number of hydrogen-bond donors (Lipinski definition) is 0. The molecule has 0 amide bonds. The summed E-state index contributed by atoms with van der Waals surface area (Å²) in [5.74, 6) is 3.52. The fourth-order valence-corrected chi connectivity index (χ4v) is 1.24. The third-order valence-corrected chi connectivity index (χ3v) is 1.90. The molecule has 0 aromatic heterocycles. The van der Waals surface area contributed by atoms with Crippen LogP contribution in [-0.2, 0) is 0 Å². The van der Waals surface area contributed by atoms with Gasteiger partial charge >= 0.3 is 0 Å². The summed E-state index contributed by atoms with van der Waals surface area (Å²) in [6, 6.07) is 6.11. The van der Waals surface area contributed by atoms with E-state index in [1.165, 1.54) is 0 Å². The molecule has 0 unspecified atom stereocenters. The van der Waals surface area contributed by atoms with Crippen LogP contribution in [0.4, 0.5) is 0 Å². The average molecular weight is 174 g/mol. The van der Waals surface area contributed by atoms with Gasteiger partial charge in [-0.3, -0.25) is 0 Å². The van der Waals surface area contributed by atoms with E-state index in [0.29, 0.717) is 13.0 Å². The molecule has 1 heteroatoms. The van der Waals surface area contributed by atoms with Crippen molar-refractivity contribution < 1.29 is 4.74 Å². The van der Waals surface area contributed by atoms with E-state index < -0.39 is 0 Å². The summed E-state index contributed by atoms with van der Waals surface area (Å²) in [4.78, 5) is 0. The average Bonchev–Trinajstić information content (AvgIpc) is 2.10. The van der Waals surface area contributed by atoms with Gasteiger partial charge in [0.15, 0.2) is 0 Å². The van der Waals surface area contributed by atoms with Crippen molar-refractivity contribution in [3.05, 3.63) is 29.3 Å². The largest absolute Gasteiger partial charge is 0.492 e. The van der Waals surface area contributed by atoms with Crippen LogP contribution in [-0.4, -0.2) is 6.61 Å². The molecule has 1 aromatic carbocycles. The topological polar surface area (TPSA) is 9.23 Å². The van der Waals surface area contributed by atoms with Gasteiger partial charge in [0.2, 0.25) is 0 Å². The first-order chi connectivity index (χ1) is 6.25. The quantitative estimate of drug-likeness (QED) is 0.505. The minimum absolute atomic E-state index is 0.599. The highest BCUT2D eigenvalue weighted by molar-refractivity contribution is 5.39. The summed E-state index contributed by atoms with van der Waals surface area (Å²) < 4.78 is 5.57. The molecule has 0 saturated carbocycles. The van der Waals surface area contributed by atoms with Gasteiger partial charge in [0.25, 0.3) is 0 Å². The first-order valence-corrected chi connectivity index (χ1v) is 4.38. The maximum Gasteiger partial charge on any atom is 0.125 e. The molecule has 0 N–H and O–H groups in total. The van der Waals surface area contributed by atoms with Crippen molar-refractivity contribution in [2.24, 2.45) is 0 Å². The van der Waals surface area contributed by atoms with Gasteiger partial charge in [-0.2, -0.15) is 0 Å². The van der Waals surface area contributed by atoms with Crippen LogP contribution in [0.1, 0.15) is 17.5 Å². The number of ether oxygens (including phenoxy) is 1. The Hall–Kier alpha value is -1.42. The van der Waals surface area contributed by atoms with Gasteiger partial charge in [-0.25, -0.2) is 0 Å². The van der Waals surface area contributed by atoms with Crippen LogP contribution >= 0.6 is 0 Å². The van der Waals surface area contributed by atoms with Crippen molar-refractivity contribution in [3.8, 4) is 18.1 Å². The molecule has 1 aromatic rings. The van der Waals surface area contributed by atoms with Gasteiger partial charge in [0, 0.05) is 6.42 Å². The molecule has 13 heavy (non-hydrogen) atoms. The van der Waals surface area contributed by atoms with E-state index in [1.807, 2.05) is 32.0 Å². The van der Waals surface area contributed by atoms with Gasteiger partial charge in [0.1, 0.15) is 5.75 Å². The number of terminal acetylenes is 1. The predicted octanol–water partition coefficient (Wildman–Crippen LogP) is 2.71. The highest BCUT2D eigenvalue weighted by atomic mass is 16.5. The molecule has 0 bridgehead atoms. The summed E-state index contributed by atoms with van der Waals surface area (Å²) in [5.41, 5.74) is 2.33. The maximum atomic E-state index is 5.57. The van der Waals surface area contributed by atoms with E-state index in [0.717, 1.165) is 16.9 Å². The Kier molecular flexibility index (Phi) is 3.40. The Balaban J connectivity index is 2.71. The Bertz CT molecular complexity index is 300. The van der Waals surface area contributed by atoms with Gasteiger partial charge in [-0.05, 0) is 25.0 Å². The lowest BCUT2D eigenvalue weighted by Crippen LogP contribution is -1.99. The molecule has 0 saturated heterocycles. The number of benzene rings is 1. The molecule has 0 aliphatic carbocycles. The van der Waals surface area contributed by atoms with Crippen LogP contribution in [0.15, 0.2) is 18.2 Å². The van der Waals surface area contributed by atoms with Gasteiger partial charge < -0.3 is 4.74 Å². The van der Waals surface area contributed by atoms with Crippen molar-refractivity contribution in [2.45, 2.75) is 20.3 Å². The fraction of sp³-hybridized carbons (Fsp3) is 0.333. The second-order valence-corrected chi connectivity index (χ2v) is 3.02. The Labute approximate surface area is 79.7 Å². The van der Waals surface area contributed by atoms with Crippen molar-refractivity contribution in [1.82, 2.24) is 0 Å². The second-order valence-electron chi connectivity index (χ2n) is 3.02. The first kappa shape index (κ1) is 9.67. The van der Waals surface area contributed by atoms with E-state index in [9.17, 15) is 0 Å². The van der Waals surface area contributed by atoms with E-state index in [4.69, 9.17) is 11.2 Å². The second kappa shape index (κ2) is 4.57. The third-order valence-electron chi connectivity index (χ3n) is 1.90. The molecule has 0 fully saturated rings. The zero-order valence-electron chi connectivity index (χ0n) is 8.13. The Morgan fingerprint density at radius 1 is 1.31 bits per heavy atom. The Morgan fingerprint density at radius 2 is 1.92 bits per heavy atom. The van der Waals surface area contributed by atoms with E-state index in [1.54, 1.807) is 0 Å². The summed E-state index contributed by atoms with van der Waals surface area (Å²) in [6.45, 7) is 4.68. The smallest absolute Gasteiger partial charge is 0.125 e. The molecule has 1 rings (SSSR count). The lowest BCUT2D eigenvalue weighted by Gasteiger charge is -2.10. The number of para-hydroxylation sites is 1. The first-order valence-electron chi connectivity index (χ1n) is 4.38. The molecular formula is C12H14O. The highest BCUT2D eigenvalue weighted by Gasteiger charge is 2.01. The molecular weight excluding hydrogens is 160 g/mol.